The molecule has 0 aliphatic rings. The van der Waals surface area contributed by atoms with E-state index in [1.807, 2.05) is 24.3 Å². The lowest BCUT2D eigenvalue weighted by Crippen LogP contribution is -2.19. The van der Waals surface area contributed by atoms with Gasteiger partial charge in [-0.25, -0.2) is 13.8 Å². The summed E-state index contributed by atoms with van der Waals surface area (Å²) in [6, 6.07) is 24.6. The Balaban J connectivity index is 1.26. The average molecular weight is 575 g/mol. The lowest BCUT2D eigenvalue weighted by Gasteiger charge is -2.09. The molecule has 212 valence electrons. The normalized spacial score (nSPS) is 11.2. The SMILES string of the molecule is Nc1ccc(/C=C/C(=O)NCc2cc3cc(-c4ccc(Oc5ccc(F)cc5)cn4)cc(-c4ccc(F)cc4)c3o2)cn1. The molecule has 3 aromatic carbocycles. The molecule has 0 fully saturated rings. The van der Waals surface area contributed by atoms with Gasteiger partial charge in [-0.05, 0) is 96.1 Å². The summed E-state index contributed by atoms with van der Waals surface area (Å²) in [5.41, 5.74) is 9.92. The zero-order valence-electron chi connectivity index (χ0n) is 22.6. The molecule has 0 radical (unpaired) electrons. The quantitative estimate of drug-likeness (QED) is 0.182. The number of aromatic nitrogens is 2. The lowest BCUT2D eigenvalue weighted by atomic mass is 9.98. The molecule has 3 aromatic heterocycles. The highest BCUT2D eigenvalue weighted by Gasteiger charge is 2.15. The smallest absolute Gasteiger partial charge is 0.244 e. The standard InChI is InChI=1S/C34H24F2N4O3/c35-25-5-3-22(4-6-25)30-17-23(31-12-11-28(19-38-31)42-27-9-7-26(36)8-10-27)15-24-16-29(43-34(24)30)20-40-33(41)14-2-21-1-13-32(37)39-18-21/h1-19H,20H2,(H2,37,39)(H,40,41)/b14-2+. The third-order valence-electron chi connectivity index (χ3n) is 6.58. The van der Waals surface area contributed by atoms with Gasteiger partial charge in [0, 0.05) is 28.8 Å². The second kappa shape index (κ2) is 12.0. The first-order chi connectivity index (χ1) is 20.9. The number of ether oxygens (including phenoxy) is 1. The number of hydrogen-bond donors (Lipinski definition) is 2. The number of carbonyl (C=O) groups excluding carboxylic acids is 1. The second-order valence-corrected chi connectivity index (χ2v) is 9.66. The van der Waals surface area contributed by atoms with Gasteiger partial charge in [0.15, 0.2) is 0 Å². The van der Waals surface area contributed by atoms with Gasteiger partial charge in [-0.15, -0.1) is 0 Å². The highest BCUT2D eigenvalue weighted by Crippen LogP contribution is 2.36. The summed E-state index contributed by atoms with van der Waals surface area (Å²) in [5, 5.41) is 3.61. The number of nitrogens with zero attached hydrogens (tertiary/aromatic N) is 2. The van der Waals surface area contributed by atoms with Crippen LogP contribution in [0.1, 0.15) is 11.3 Å². The summed E-state index contributed by atoms with van der Waals surface area (Å²) < 4.78 is 38.9. The van der Waals surface area contributed by atoms with Gasteiger partial charge in [-0.2, -0.15) is 0 Å². The number of nitrogens with two attached hydrogens (primary N) is 1. The number of hydrogen-bond acceptors (Lipinski definition) is 6. The Morgan fingerprint density at radius 2 is 1.58 bits per heavy atom. The first-order valence-electron chi connectivity index (χ1n) is 13.3. The van der Waals surface area contributed by atoms with E-state index in [1.165, 1.54) is 30.3 Å². The predicted octanol–water partition coefficient (Wildman–Crippen LogP) is 7.54. The Hall–Kier alpha value is -5.83. The first kappa shape index (κ1) is 27.3. The molecule has 7 nitrogen and oxygen atoms in total. The van der Waals surface area contributed by atoms with Crippen molar-refractivity contribution in [3.8, 4) is 33.9 Å². The highest BCUT2D eigenvalue weighted by molar-refractivity contribution is 5.97. The number of nitrogens with one attached hydrogen (secondary N) is 1. The van der Waals surface area contributed by atoms with E-state index in [2.05, 4.69) is 15.3 Å². The maximum absolute atomic E-state index is 13.7. The van der Waals surface area contributed by atoms with Crippen molar-refractivity contribution in [1.82, 2.24) is 15.3 Å². The summed E-state index contributed by atoms with van der Waals surface area (Å²) in [5.74, 6) is 0.941. The summed E-state index contributed by atoms with van der Waals surface area (Å²) in [6.07, 6.45) is 6.22. The molecule has 0 saturated heterocycles. The van der Waals surface area contributed by atoms with E-state index in [4.69, 9.17) is 14.9 Å². The third kappa shape index (κ3) is 6.57. The predicted molar refractivity (Wildman–Crippen MR) is 161 cm³/mol. The summed E-state index contributed by atoms with van der Waals surface area (Å²) in [4.78, 5) is 21.0. The van der Waals surface area contributed by atoms with E-state index in [0.29, 0.717) is 34.4 Å². The van der Waals surface area contributed by atoms with Crippen molar-refractivity contribution in [3.05, 3.63) is 132 Å². The fraction of sp³-hybridized carbons (Fsp3) is 0.0294. The molecule has 0 bridgehead atoms. The minimum Gasteiger partial charge on any atom is -0.459 e. The van der Waals surface area contributed by atoms with Gasteiger partial charge in [-0.1, -0.05) is 12.1 Å². The Morgan fingerprint density at radius 3 is 2.28 bits per heavy atom. The number of amides is 1. The van der Waals surface area contributed by atoms with E-state index >= 15 is 0 Å². The van der Waals surface area contributed by atoms with Crippen LogP contribution in [0.3, 0.4) is 0 Å². The van der Waals surface area contributed by atoms with E-state index in [-0.39, 0.29) is 24.1 Å². The van der Waals surface area contributed by atoms with Crippen LogP contribution in [-0.4, -0.2) is 15.9 Å². The second-order valence-electron chi connectivity index (χ2n) is 9.66. The van der Waals surface area contributed by atoms with E-state index in [9.17, 15) is 13.6 Å². The van der Waals surface area contributed by atoms with Gasteiger partial charge in [0.2, 0.25) is 5.91 Å². The van der Waals surface area contributed by atoms with Crippen LogP contribution in [0.4, 0.5) is 14.6 Å². The van der Waals surface area contributed by atoms with Crippen LogP contribution in [0.15, 0.2) is 114 Å². The zero-order chi connectivity index (χ0) is 29.8. The number of anilines is 1. The minimum absolute atomic E-state index is 0.156. The highest BCUT2D eigenvalue weighted by atomic mass is 19.1. The summed E-state index contributed by atoms with van der Waals surface area (Å²) in [6.45, 7) is 0.156. The van der Waals surface area contributed by atoms with Gasteiger partial charge < -0.3 is 20.2 Å². The van der Waals surface area contributed by atoms with Crippen molar-refractivity contribution in [1.29, 1.82) is 0 Å². The Kier molecular flexibility index (Phi) is 7.60. The van der Waals surface area contributed by atoms with Crippen LogP contribution in [0.2, 0.25) is 0 Å². The van der Waals surface area contributed by atoms with Gasteiger partial charge >= 0.3 is 0 Å². The van der Waals surface area contributed by atoms with Crippen molar-refractivity contribution >= 4 is 28.8 Å². The molecule has 43 heavy (non-hydrogen) atoms. The number of furan rings is 1. The monoisotopic (exact) mass is 574 g/mol. The van der Waals surface area contributed by atoms with Crippen molar-refractivity contribution in [2.24, 2.45) is 0 Å². The molecule has 0 unspecified atom stereocenters. The average Bonchev–Trinajstić information content (AvgIpc) is 3.44. The van der Waals surface area contributed by atoms with Gasteiger partial charge in [0.1, 0.15) is 40.3 Å². The fourth-order valence-electron chi connectivity index (χ4n) is 4.46. The molecule has 0 spiro atoms. The Bertz CT molecular complexity index is 1920. The minimum atomic E-state index is -0.347. The van der Waals surface area contributed by atoms with Crippen molar-refractivity contribution < 1.29 is 22.7 Å². The molecular weight excluding hydrogens is 550 g/mol. The maximum atomic E-state index is 13.7. The molecule has 0 aliphatic heterocycles. The third-order valence-corrected chi connectivity index (χ3v) is 6.58. The van der Waals surface area contributed by atoms with Crippen LogP contribution in [0, 0.1) is 11.6 Å². The number of pyridine rings is 2. The summed E-state index contributed by atoms with van der Waals surface area (Å²) >= 11 is 0. The molecule has 9 heteroatoms. The van der Waals surface area contributed by atoms with E-state index in [1.54, 1.807) is 60.9 Å². The number of fused-ring (bicyclic) bond motifs is 1. The van der Waals surface area contributed by atoms with Crippen LogP contribution < -0.4 is 15.8 Å². The van der Waals surface area contributed by atoms with Crippen molar-refractivity contribution in [3.63, 3.8) is 0 Å². The molecule has 1 amide bonds. The van der Waals surface area contributed by atoms with Crippen molar-refractivity contribution in [2.75, 3.05) is 5.73 Å². The van der Waals surface area contributed by atoms with Gasteiger partial charge in [0.05, 0.1) is 18.4 Å². The fourth-order valence-corrected chi connectivity index (χ4v) is 4.46. The zero-order valence-corrected chi connectivity index (χ0v) is 22.6. The number of halogens is 2. The molecule has 3 N–H and O–H groups in total. The maximum Gasteiger partial charge on any atom is 0.244 e. The van der Waals surface area contributed by atoms with Gasteiger partial charge in [0.25, 0.3) is 0 Å². The molecular formula is C34H24F2N4O3. The number of benzene rings is 3. The van der Waals surface area contributed by atoms with E-state index in [0.717, 1.165) is 27.6 Å². The number of rotatable bonds is 8. The van der Waals surface area contributed by atoms with Crippen molar-refractivity contribution in [2.45, 2.75) is 6.54 Å². The summed E-state index contributed by atoms with van der Waals surface area (Å²) in [7, 11) is 0. The Morgan fingerprint density at radius 1 is 0.837 bits per heavy atom. The van der Waals surface area contributed by atoms with Gasteiger partial charge in [-0.3, -0.25) is 9.78 Å². The molecule has 6 aromatic rings. The molecule has 0 aliphatic carbocycles. The van der Waals surface area contributed by atoms with E-state index < -0.39 is 0 Å². The molecule has 3 heterocycles. The molecule has 0 atom stereocenters. The molecule has 0 saturated carbocycles. The number of nitrogen functional groups attached to an aromatic ring is 1. The topological polar surface area (TPSA) is 103 Å². The first-order valence-corrected chi connectivity index (χ1v) is 13.3. The lowest BCUT2D eigenvalue weighted by molar-refractivity contribution is -0.116. The van der Waals surface area contributed by atoms with Crippen LogP contribution >= 0.6 is 0 Å². The largest absolute Gasteiger partial charge is 0.459 e. The molecule has 6 rings (SSSR count). The van der Waals surface area contributed by atoms with Crippen LogP contribution in [0.5, 0.6) is 11.5 Å². The number of carbonyl (C=O) groups is 1. The van der Waals surface area contributed by atoms with Crippen LogP contribution in [-0.2, 0) is 11.3 Å². The Labute approximate surface area is 245 Å². The van der Waals surface area contributed by atoms with Crippen LogP contribution in [0.25, 0.3) is 39.4 Å².